The van der Waals surface area contributed by atoms with E-state index in [2.05, 4.69) is 26.3 Å². The molecule has 17 heavy (non-hydrogen) atoms. The maximum absolute atomic E-state index is 3.63. The second-order valence-corrected chi connectivity index (χ2v) is 2.85. The van der Waals surface area contributed by atoms with E-state index in [9.17, 15) is 0 Å². The van der Waals surface area contributed by atoms with Gasteiger partial charge in [-0.1, -0.05) is 93.1 Å². The van der Waals surface area contributed by atoms with Crippen LogP contribution < -0.4 is 0 Å². The SMILES string of the molecule is C=CC=C.C=CC=CC.C=Cc1ccccc1. The zero-order valence-electron chi connectivity index (χ0n) is 10.7. The Balaban J connectivity index is 0. The Morgan fingerprint density at radius 3 is 1.53 bits per heavy atom. The van der Waals surface area contributed by atoms with E-state index in [0.717, 1.165) is 0 Å². The number of benzene rings is 1. The zero-order valence-corrected chi connectivity index (χ0v) is 10.7. The first kappa shape index (κ1) is 17.3. The predicted molar refractivity (Wildman–Crippen MR) is 81.9 cm³/mol. The van der Waals surface area contributed by atoms with Gasteiger partial charge < -0.3 is 0 Å². The average Bonchev–Trinajstić information content (AvgIpc) is 2.41. The molecule has 90 valence electrons. The average molecular weight is 226 g/mol. The first-order chi connectivity index (χ1) is 8.26. The van der Waals surface area contributed by atoms with Crippen molar-refractivity contribution in [3.05, 3.63) is 92.6 Å². The fourth-order valence-electron chi connectivity index (χ4n) is 0.725. The van der Waals surface area contributed by atoms with Crippen molar-refractivity contribution in [3.8, 4) is 0 Å². The summed E-state index contributed by atoms with van der Waals surface area (Å²) in [6, 6.07) is 10.0. The molecule has 0 aliphatic carbocycles. The third-order valence-corrected chi connectivity index (χ3v) is 1.53. The minimum atomic E-state index is 1.17. The second-order valence-electron chi connectivity index (χ2n) is 2.85. The normalized spacial score (nSPS) is 7.82. The maximum atomic E-state index is 3.63. The molecule has 0 saturated carbocycles. The van der Waals surface area contributed by atoms with Gasteiger partial charge in [0.05, 0.1) is 0 Å². The predicted octanol–water partition coefficient (Wildman–Crippen LogP) is 5.44. The summed E-state index contributed by atoms with van der Waals surface area (Å²) in [6.07, 6.45) is 10.7. The van der Waals surface area contributed by atoms with Gasteiger partial charge in [0.25, 0.3) is 0 Å². The van der Waals surface area contributed by atoms with E-state index < -0.39 is 0 Å². The molecule has 0 amide bonds. The summed E-state index contributed by atoms with van der Waals surface area (Å²) >= 11 is 0. The van der Waals surface area contributed by atoms with E-state index in [1.165, 1.54) is 5.56 Å². The Morgan fingerprint density at radius 1 is 0.824 bits per heavy atom. The number of hydrogen-bond donors (Lipinski definition) is 0. The topological polar surface area (TPSA) is 0 Å². The van der Waals surface area contributed by atoms with E-state index in [0.29, 0.717) is 0 Å². The van der Waals surface area contributed by atoms with Crippen LogP contribution in [0.4, 0.5) is 0 Å². The fraction of sp³-hybridized carbons (Fsp3) is 0.0588. The summed E-state index contributed by atoms with van der Waals surface area (Å²) < 4.78 is 0. The number of allylic oxidation sites excluding steroid dienone is 5. The maximum Gasteiger partial charge on any atom is -0.0263 e. The van der Waals surface area contributed by atoms with Crippen molar-refractivity contribution in [1.82, 2.24) is 0 Å². The lowest BCUT2D eigenvalue weighted by atomic mass is 10.2. The second kappa shape index (κ2) is 16.4. The molecule has 0 nitrogen and oxygen atoms in total. The van der Waals surface area contributed by atoms with Crippen molar-refractivity contribution in [3.63, 3.8) is 0 Å². The van der Waals surface area contributed by atoms with Gasteiger partial charge in [-0.05, 0) is 12.5 Å². The Morgan fingerprint density at radius 2 is 1.35 bits per heavy atom. The van der Waals surface area contributed by atoms with Crippen LogP contribution in [0.5, 0.6) is 0 Å². The molecular formula is C17H22. The van der Waals surface area contributed by atoms with Gasteiger partial charge in [-0.3, -0.25) is 0 Å². The summed E-state index contributed by atoms with van der Waals surface area (Å²) in [7, 11) is 0. The van der Waals surface area contributed by atoms with Gasteiger partial charge in [0.1, 0.15) is 0 Å². The minimum Gasteiger partial charge on any atom is -0.0991 e. The molecule has 1 aromatic carbocycles. The molecular weight excluding hydrogens is 204 g/mol. The van der Waals surface area contributed by atoms with Gasteiger partial charge in [0.2, 0.25) is 0 Å². The largest absolute Gasteiger partial charge is 0.0991 e. The van der Waals surface area contributed by atoms with E-state index in [1.54, 1.807) is 18.2 Å². The van der Waals surface area contributed by atoms with Crippen LogP contribution in [-0.4, -0.2) is 0 Å². The third kappa shape index (κ3) is 16.6. The summed E-state index contributed by atoms with van der Waals surface area (Å²) in [5, 5.41) is 0. The van der Waals surface area contributed by atoms with Crippen molar-refractivity contribution in [2.24, 2.45) is 0 Å². The van der Waals surface area contributed by atoms with Gasteiger partial charge in [0, 0.05) is 0 Å². The first-order valence-corrected chi connectivity index (χ1v) is 5.41. The Hall–Kier alpha value is -2.08. The number of rotatable bonds is 3. The van der Waals surface area contributed by atoms with E-state index in [4.69, 9.17) is 0 Å². The molecule has 0 heteroatoms. The van der Waals surface area contributed by atoms with Crippen LogP contribution in [0.15, 0.2) is 87.0 Å². The van der Waals surface area contributed by atoms with E-state index >= 15 is 0 Å². The zero-order chi connectivity index (χ0) is 13.4. The summed E-state index contributed by atoms with van der Waals surface area (Å²) in [4.78, 5) is 0. The molecule has 0 saturated heterocycles. The molecule has 0 fully saturated rings. The van der Waals surface area contributed by atoms with Gasteiger partial charge in [-0.25, -0.2) is 0 Å². The Bertz CT molecular complexity index is 322. The molecule has 0 aromatic heterocycles. The number of hydrogen-bond acceptors (Lipinski definition) is 0. The quantitative estimate of drug-likeness (QED) is 0.602. The van der Waals surface area contributed by atoms with Gasteiger partial charge >= 0.3 is 0 Å². The van der Waals surface area contributed by atoms with Crippen molar-refractivity contribution < 1.29 is 0 Å². The molecule has 0 heterocycles. The third-order valence-electron chi connectivity index (χ3n) is 1.53. The first-order valence-electron chi connectivity index (χ1n) is 5.41. The van der Waals surface area contributed by atoms with E-state index in [1.807, 2.05) is 55.5 Å². The minimum absolute atomic E-state index is 1.17. The van der Waals surface area contributed by atoms with Crippen molar-refractivity contribution >= 4 is 6.08 Å². The summed E-state index contributed by atoms with van der Waals surface area (Å²) in [6.45, 7) is 15.8. The molecule has 0 bridgehead atoms. The Kier molecular flexibility index (Phi) is 16.7. The fourth-order valence-corrected chi connectivity index (χ4v) is 0.725. The van der Waals surface area contributed by atoms with Crippen LogP contribution in [0.2, 0.25) is 0 Å². The molecule has 0 aliphatic heterocycles. The van der Waals surface area contributed by atoms with Crippen molar-refractivity contribution in [1.29, 1.82) is 0 Å². The monoisotopic (exact) mass is 226 g/mol. The van der Waals surface area contributed by atoms with Gasteiger partial charge in [-0.15, -0.1) is 0 Å². The molecule has 1 aromatic rings. The summed E-state index contributed by atoms with van der Waals surface area (Å²) in [5.74, 6) is 0. The van der Waals surface area contributed by atoms with E-state index in [-0.39, 0.29) is 0 Å². The van der Waals surface area contributed by atoms with Crippen LogP contribution in [0, 0.1) is 0 Å². The molecule has 0 unspecified atom stereocenters. The van der Waals surface area contributed by atoms with Crippen LogP contribution >= 0.6 is 0 Å². The molecule has 0 aliphatic rings. The Labute approximate surface area is 106 Å². The highest BCUT2D eigenvalue weighted by molar-refractivity contribution is 5.45. The molecule has 1 rings (SSSR count). The van der Waals surface area contributed by atoms with Crippen LogP contribution in [0.1, 0.15) is 12.5 Å². The standard InChI is InChI=1S/C8H8.C5H8.C4H6/c1-2-8-6-4-3-5-7-8;1-3-5-4-2;1-3-4-2/h2-7H,1H2;3-5H,1H2,2H3;3-4H,1-2H2. The van der Waals surface area contributed by atoms with Crippen LogP contribution in [-0.2, 0) is 0 Å². The highest BCUT2D eigenvalue weighted by atomic mass is 13.8. The lowest BCUT2D eigenvalue weighted by molar-refractivity contribution is 1.67. The van der Waals surface area contributed by atoms with Gasteiger partial charge in [-0.2, -0.15) is 0 Å². The molecule has 0 N–H and O–H groups in total. The van der Waals surface area contributed by atoms with Crippen LogP contribution in [0.25, 0.3) is 6.08 Å². The van der Waals surface area contributed by atoms with Gasteiger partial charge in [0.15, 0.2) is 0 Å². The van der Waals surface area contributed by atoms with Crippen molar-refractivity contribution in [2.75, 3.05) is 0 Å². The van der Waals surface area contributed by atoms with Crippen molar-refractivity contribution in [2.45, 2.75) is 6.92 Å². The smallest absolute Gasteiger partial charge is 0.0263 e. The highest BCUT2D eigenvalue weighted by Gasteiger charge is 1.75. The summed E-state index contributed by atoms with van der Waals surface area (Å²) in [5.41, 5.74) is 1.17. The molecule has 0 atom stereocenters. The lowest BCUT2D eigenvalue weighted by Crippen LogP contribution is -1.63. The highest BCUT2D eigenvalue weighted by Crippen LogP contribution is 1.97. The van der Waals surface area contributed by atoms with Crippen LogP contribution in [0.3, 0.4) is 0 Å². The lowest BCUT2D eigenvalue weighted by Gasteiger charge is -1.85. The molecule has 0 spiro atoms. The molecule has 0 radical (unpaired) electrons.